The highest BCUT2D eigenvalue weighted by atomic mass is 32.2. The molecule has 2 N–H and O–H groups in total. The van der Waals surface area contributed by atoms with Gasteiger partial charge in [-0.1, -0.05) is 12.1 Å². The molecule has 102 valence electrons. The van der Waals surface area contributed by atoms with Crippen LogP contribution in [0.5, 0.6) is 0 Å². The number of hydrogen-bond acceptors (Lipinski definition) is 4. The number of aliphatic carboxylic acids is 1. The molecule has 0 atom stereocenters. The van der Waals surface area contributed by atoms with Crippen LogP contribution in [0.2, 0.25) is 0 Å². The van der Waals surface area contributed by atoms with Gasteiger partial charge in [-0.25, -0.2) is 13.1 Å². The molecule has 0 aliphatic heterocycles. The first-order valence-corrected chi connectivity index (χ1v) is 7.26. The number of benzene rings is 1. The van der Waals surface area contributed by atoms with Gasteiger partial charge in [0.15, 0.2) is 0 Å². The summed E-state index contributed by atoms with van der Waals surface area (Å²) in [6.07, 6.45) is 0.166. The van der Waals surface area contributed by atoms with E-state index in [2.05, 4.69) is 4.72 Å². The van der Waals surface area contributed by atoms with Gasteiger partial charge >= 0.3 is 5.97 Å². The lowest BCUT2D eigenvalue weighted by Gasteiger charge is -2.06. The van der Waals surface area contributed by atoms with E-state index in [9.17, 15) is 13.2 Å². The molecule has 19 heavy (non-hydrogen) atoms. The summed E-state index contributed by atoms with van der Waals surface area (Å²) >= 11 is 0. The molecule has 0 fully saturated rings. The second-order valence-corrected chi connectivity index (χ2v) is 5.77. The lowest BCUT2D eigenvalue weighted by molar-refractivity contribution is -0.137. The third kappa shape index (κ3) is 5.99. The molecule has 0 unspecified atom stereocenters. The Kier molecular flexibility index (Phi) is 5.48. The predicted octanol–water partition coefficient (Wildman–Crippen LogP) is 0.842. The number of carboxylic acid groups (broad SMARTS) is 1. The Bertz CT molecular complexity index is 590. The van der Waals surface area contributed by atoms with Crippen LogP contribution in [-0.4, -0.2) is 26.0 Å². The van der Waals surface area contributed by atoms with Crippen LogP contribution in [0.3, 0.4) is 0 Å². The average Bonchev–Trinajstić information content (AvgIpc) is 2.34. The molecule has 7 heteroatoms. The number of sulfonamides is 1. The van der Waals surface area contributed by atoms with Gasteiger partial charge in [-0.3, -0.25) is 4.79 Å². The molecule has 0 aliphatic rings. The largest absolute Gasteiger partial charge is 0.481 e. The molecule has 0 spiro atoms. The van der Waals surface area contributed by atoms with Gasteiger partial charge in [0.1, 0.15) is 0 Å². The summed E-state index contributed by atoms with van der Waals surface area (Å²) in [5, 5.41) is 17.1. The van der Waals surface area contributed by atoms with Crippen molar-refractivity contribution in [3.8, 4) is 6.07 Å². The molecule has 0 saturated carbocycles. The fraction of sp³-hybridized carbons (Fsp3) is 0.333. The van der Waals surface area contributed by atoms with Gasteiger partial charge in [-0.05, 0) is 24.1 Å². The zero-order chi connectivity index (χ0) is 14.3. The maximum Gasteiger partial charge on any atom is 0.303 e. The first-order chi connectivity index (χ1) is 8.93. The Morgan fingerprint density at radius 2 is 2.16 bits per heavy atom. The molecular formula is C12H14N2O4S. The van der Waals surface area contributed by atoms with E-state index in [1.165, 1.54) is 6.07 Å². The fourth-order valence-electron chi connectivity index (χ4n) is 1.47. The minimum Gasteiger partial charge on any atom is -0.481 e. The van der Waals surface area contributed by atoms with E-state index in [0.29, 0.717) is 11.1 Å². The van der Waals surface area contributed by atoms with Crippen LogP contribution in [0.25, 0.3) is 0 Å². The van der Waals surface area contributed by atoms with Crippen molar-refractivity contribution in [2.24, 2.45) is 0 Å². The zero-order valence-corrected chi connectivity index (χ0v) is 11.0. The molecule has 1 aromatic carbocycles. The highest BCUT2D eigenvalue weighted by Gasteiger charge is 2.11. The van der Waals surface area contributed by atoms with Crippen LogP contribution in [-0.2, 0) is 20.6 Å². The summed E-state index contributed by atoms with van der Waals surface area (Å²) in [6, 6.07) is 8.28. The number of nitrogens with zero attached hydrogens (tertiary/aromatic N) is 1. The number of rotatable bonds is 7. The summed E-state index contributed by atoms with van der Waals surface area (Å²) in [5.41, 5.74) is 0.920. The van der Waals surface area contributed by atoms with Gasteiger partial charge < -0.3 is 5.11 Å². The number of carboxylic acids is 1. The first kappa shape index (κ1) is 15.1. The molecule has 6 nitrogen and oxygen atoms in total. The van der Waals surface area contributed by atoms with Gasteiger partial charge in [0, 0.05) is 13.0 Å². The summed E-state index contributed by atoms with van der Waals surface area (Å²) in [7, 11) is -3.51. The Balaban J connectivity index is 2.54. The van der Waals surface area contributed by atoms with E-state index in [1.54, 1.807) is 18.2 Å². The van der Waals surface area contributed by atoms with Crippen molar-refractivity contribution in [3.63, 3.8) is 0 Å². The third-order valence-corrected chi connectivity index (χ3v) is 3.66. The summed E-state index contributed by atoms with van der Waals surface area (Å²) < 4.78 is 25.7. The predicted molar refractivity (Wildman–Crippen MR) is 68.7 cm³/mol. The molecule has 0 aliphatic carbocycles. The Morgan fingerprint density at radius 3 is 2.79 bits per heavy atom. The van der Waals surface area contributed by atoms with Crippen molar-refractivity contribution in [1.82, 2.24) is 4.72 Å². The first-order valence-electron chi connectivity index (χ1n) is 5.61. The van der Waals surface area contributed by atoms with Crippen LogP contribution in [0, 0.1) is 11.3 Å². The van der Waals surface area contributed by atoms with Gasteiger partial charge in [0.2, 0.25) is 10.0 Å². The van der Waals surface area contributed by atoms with Crippen LogP contribution >= 0.6 is 0 Å². The molecule has 0 amide bonds. The minimum atomic E-state index is -3.51. The fourth-order valence-corrected chi connectivity index (χ4v) is 2.64. The van der Waals surface area contributed by atoms with Gasteiger partial charge in [-0.2, -0.15) is 5.26 Å². The average molecular weight is 282 g/mol. The number of nitrogens with one attached hydrogen (secondary N) is 1. The number of hydrogen-bond donors (Lipinski definition) is 2. The Morgan fingerprint density at radius 1 is 1.42 bits per heavy atom. The summed E-state index contributed by atoms with van der Waals surface area (Å²) in [4.78, 5) is 10.3. The maximum atomic E-state index is 11.7. The molecule has 1 aromatic rings. The molecule has 0 heterocycles. The minimum absolute atomic E-state index is 0.0769. The summed E-state index contributed by atoms with van der Waals surface area (Å²) in [5.74, 6) is -1.18. The highest BCUT2D eigenvalue weighted by molar-refractivity contribution is 7.88. The van der Waals surface area contributed by atoms with Crippen molar-refractivity contribution in [2.45, 2.75) is 18.6 Å². The Hall–Kier alpha value is -1.91. The van der Waals surface area contributed by atoms with E-state index in [1.807, 2.05) is 6.07 Å². The van der Waals surface area contributed by atoms with Gasteiger partial charge in [0.25, 0.3) is 0 Å². The molecule has 0 aromatic heterocycles. The van der Waals surface area contributed by atoms with Crippen molar-refractivity contribution in [2.75, 3.05) is 6.54 Å². The monoisotopic (exact) mass is 282 g/mol. The van der Waals surface area contributed by atoms with Crippen LogP contribution in [0.1, 0.15) is 24.0 Å². The smallest absolute Gasteiger partial charge is 0.303 e. The standard InChI is InChI=1S/C12H14N2O4S/c13-8-10-3-1-4-11(7-10)9-19(17,18)14-6-2-5-12(15)16/h1,3-4,7,14H,2,5-6,9H2,(H,15,16). The Labute approximate surface area is 111 Å². The maximum absolute atomic E-state index is 11.7. The quantitative estimate of drug-likeness (QED) is 0.721. The molecule has 0 saturated heterocycles. The van der Waals surface area contributed by atoms with Crippen LogP contribution < -0.4 is 4.72 Å². The second kappa shape index (κ2) is 6.87. The molecule has 0 bridgehead atoms. The van der Waals surface area contributed by atoms with Crippen LogP contribution in [0.4, 0.5) is 0 Å². The van der Waals surface area contributed by atoms with Gasteiger partial charge in [-0.15, -0.1) is 0 Å². The van der Waals surface area contributed by atoms with Gasteiger partial charge in [0.05, 0.1) is 17.4 Å². The zero-order valence-electron chi connectivity index (χ0n) is 10.2. The third-order valence-electron chi connectivity index (χ3n) is 2.30. The van der Waals surface area contributed by atoms with E-state index >= 15 is 0 Å². The van der Waals surface area contributed by atoms with Crippen molar-refractivity contribution >= 4 is 16.0 Å². The lowest BCUT2D eigenvalue weighted by atomic mass is 10.2. The van der Waals surface area contributed by atoms with E-state index in [0.717, 1.165) is 0 Å². The van der Waals surface area contributed by atoms with E-state index < -0.39 is 16.0 Å². The lowest BCUT2D eigenvalue weighted by Crippen LogP contribution is -2.26. The van der Waals surface area contributed by atoms with Crippen molar-refractivity contribution in [3.05, 3.63) is 35.4 Å². The SMILES string of the molecule is N#Cc1cccc(CS(=O)(=O)NCCCC(=O)O)c1. The molecular weight excluding hydrogens is 268 g/mol. The van der Waals surface area contributed by atoms with E-state index in [4.69, 9.17) is 10.4 Å². The number of carbonyl (C=O) groups is 1. The normalized spacial score (nSPS) is 10.9. The second-order valence-electron chi connectivity index (χ2n) is 3.96. The van der Waals surface area contributed by atoms with Crippen molar-refractivity contribution in [1.29, 1.82) is 5.26 Å². The van der Waals surface area contributed by atoms with E-state index in [-0.39, 0.29) is 25.1 Å². The molecule has 0 radical (unpaired) electrons. The summed E-state index contributed by atoms with van der Waals surface area (Å²) in [6.45, 7) is 0.0899. The topological polar surface area (TPSA) is 107 Å². The number of nitriles is 1. The molecule has 1 rings (SSSR count). The van der Waals surface area contributed by atoms with Crippen molar-refractivity contribution < 1.29 is 18.3 Å². The highest BCUT2D eigenvalue weighted by Crippen LogP contribution is 2.07. The van der Waals surface area contributed by atoms with Crippen LogP contribution in [0.15, 0.2) is 24.3 Å².